The van der Waals surface area contributed by atoms with Crippen LogP contribution in [0.25, 0.3) is 0 Å². The molecule has 0 aliphatic carbocycles. The van der Waals surface area contributed by atoms with E-state index in [-0.39, 0.29) is 5.96 Å². The second kappa shape index (κ2) is 6.64. The molecule has 0 aliphatic rings. The van der Waals surface area contributed by atoms with Gasteiger partial charge < -0.3 is 16.2 Å². The molecule has 0 unspecified atom stereocenters. The molecule has 0 aliphatic heterocycles. The standard InChI is InChI=1S/C13H20N4O/c1-9(2)8-18-12-6-4-11(5-7-12)10(3)16-17-13(14)15/h4-7,9H,8H2,1-3H3,(H4,14,15,17)/b16-10-. The van der Waals surface area contributed by atoms with Gasteiger partial charge in [0.1, 0.15) is 5.75 Å². The number of benzene rings is 1. The minimum atomic E-state index is -0.0498. The summed E-state index contributed by atoms with van der Waals surface area (Å²) >= 11 is 0. The third-order valence-corrected chi connectivity index (χ3v) is 2.17. The predicted molar refractivity (Wildman–Crippen MR) is 74.8 cm³/mol. The van der Waals surface area contributed by atoms with Gasteiger partial charge in [0, 0.05) is 0 Å². The molecule has 0 saturated carbocycles. The average Bonchev–Trinajstić information content (AvgIpc) is 2.34. The maximum absolute atomic E-state index is 5.59. The van der Waals surface area contributed by atoms with Crippen molar-refractivity contribution in [3.05, 3.63) is 29.8 Å². The molecule has 5 heteroatoms. The summed E-state index contributed by atoms with van der Waals surface area (Å²) in [5, 5.41) is 7.52. The first-order chi connectivity index (χ1) is 8.49. The summed E-state index contributed by atoms with van der Waals surface area (Å²) in [6, 6.07) is 7.67. The summed E-state index contributed by atoms with van der Waals surface area (Å²) in [6.07, 6.45) is 0. The zero-order valence-corrected chi connectivity index (χ0v) is 11.1. The van der Waals surface area contributed by atoms with Gasteiger partial charge in [-0.2, -0.15) is 5.10 Å². The minimum absolute atomic E-state index is 0.0498. The Kier molecular flexibility index (Phi) is 5.17. The van der Waals surface area contributed by atoms with Crippen LogP contribution in [0.1, 0.15) is 26.3 Å². The molecule has 0 aromatic heterocycles. The van der Waals surface area contributed by atoms with Crippen molar-refractivity contribution in [1.82, 2.24) is 0 Å². The van der Waals surface area contributed by atoms with E-state index in [9.17, 15) is 0 Å². The molecular formula is C13H20N4O. The van der Waals surface area contributed by atoms with Gasteiger partial charge in [-0.15, -0.1) is 5.10 Å². The summed E-state index contributed by atoms with van der Waals surface area (Å²) < 4.78 is 5.59. The molecule has 98 valence electrons. The summed E-state index contributed by atoms with van der Waals surface area (Å²) in [7, 11) is 0. The van der Waals surface area contributed by atoms with Gasteiger partial charge in [0.25, 0.3) is 0 Å². The topological polar surface area (TPSA) is 86.0 Å². The van der Waals surface area contributed by atoms with E-state index >= 15 is 0 Å². The number of hydrogen-bond donors (Lipinski definition) is 2. The predicted octanol–water partition coefficient (Wildman–Crippen LogP) is 1.72. The van der Waals surface area contributed by atoms with E-state index in [0.717, 1.165) is 17.0 Å². The highest BCUT2D eigenvalue weighted by Crippen LogP contribution is 2.14. The molecule has 0 saturated heterocycles. The van der Waals surface area contributed by atoms with Crippen LogP contribution in [0.3, 0.4) is 0 Å². The maximum atomic E-state index is 5.59. The number of guanidine groups is 1. The van der Waals surface area contributed by atoms with Crippen LogP contribution in [-0.4, -0.2) is 18.3 Å². The van der Waals surface area contributed by atoms with Crippen molar-refractivity contribution in [3.8, 4) is 5.75 Å². The molecule has 18 heavy (non-hydrogen) atoms. The van der Waals surface area contributed by atoms with Gasteiger partial charge in [0.05, 0.1) is 12.3 Å². The summed E-state index contributed by atoms with van der Waals surface area (Å²) in [6.45, 7) is 6.78. The second-order valence-corrected chi connectivity index (χ2v) is 4.44. The monoisotopic (exact) mass is 248 g/mol. The van der Waals surface area contributed by atoms with Crippen molar-refractivity contribution in [2.24, 2.45) is 27.6 Å². The highest BCUT2D eigenvalue weighted by atomic mass is 16.5. The lowest BCUT2D eigenvalue weighted by Gasteiger charge is -2.08. The second-order valence-electron chi connectivity index (χ2n) is 4.44. The molecule has 0 amide bonds. The third kappa shape index (κ3) is 4.86. The molecule has 4 N–H and O–H groups in total. The van der Waals surface area contributed by atoms with Crippen LogP contribution >= 0.6 is 0 Å². The van der Waals surface area contributed by atoms with Crippen LogP contribution < -0.4 is 16.2 Å². The molecule has 0 bridgehead atoms. The van der Waals surface area contributed by atoms with E-state index in [0.29, 0.717) is 12.5 Å². The van der Waals surface area contributed by atoms with Gasteiger partial charge in [-0.05, 0) is 42.7 Å². The first-order valence-electron chi connectivity index (χ1n) is 5.85. The van der Waals surface area contributed by atoms with E-state index in [4.69, 9.17) is 16.2 Å². The number of nitrogens with two attached hydrogens (primary N) is 2. The van der Waals surface area contributed by atoms with Crippen molar-refractivity contribution in [2.75, 3.05) is 6.61 Å². The zero-order chi connectivity index (χ0) is 13.5. The van der Waals surface area contributed by atoms with E-state index in [2.05, 4.69) is 24.1 Å². The van der Waals surface area contributed by atoms with Crippen LogP contribution in [0.4, 0.5) is 0 Å². The first kappa shape index (κ1) is 14.0. The SMILES string of the molecule is C/C(=N/N=C(N)N)c1ccc(OCC(C)C)cc1. The lowest BCUT2D eigenvalue weighted by atomic mass is 10.1. The normalized spacial score (nSPS) is 11.4. The Morgan fingerprint density at radius 2 is 1.78 bits per heavy atom. The molecule has 1 aromatic carbocycles. The van der Waals surface area contributed by atoms with Crippen molar-refractivity contribution in [1.29, 1.82) is 0 Å². The van der Waals surface area contributed by atoms with Crippen molar-refractivity contribution >= 4 is 11.7 Å². The maximum Gasteiger partial charge on any atom is 0.211 e. The molecule has 5 nitrogen and oxygen atoms in total. The summed E-state index contributed by atoms with van der Waals surface area (Å²) in [4.78, 5) is 0. The molecular weight excluding hydrogens is 228 g/mol. The third-order valence-electron chi connectivity index (χ3n) is 2.17. The Labute approximate surface area is 108 Å². The van der Waals surface area contributed by atoms with Crippen molar-refractivity contribution < 1.29 is 4.74 Å². The molecule has 0 fully saturated rings. The van der Waals surface area contributed by atoms with Gasteiger partial charge in [0.2, 0.25) is 5.96 Å². The minimum Gasteiger partial charge on any atom is -0.493 e. The van der Waals surface area contributed by atoms with Crippen LogP contribution in [-0.2, 0) is 0 Å². The quantitative estimate of drug-likeness (QED) is 0.472. The number of nitrogens with zero attached hydrogens (tertiary/aromatic N) is 2. The highest BCUT2D eigenvalue weighted by Gasteiger charge is 2.00. The van der Waals surface area contributed by atoms with E-state index in [1.807, 2.05) is 31.2 Å². The number of hydrogen-bond acceptors (Lipinski definition) is 3. The highest BCUT2D eigenvalue weighted by molar-refractivity contribution is 5.99. The Morgan fingerprint density at radius 1 is 1.17 bits per heavy atom. The van der Waals surface area contributed by atoms with Gasteiger partial charge in [-0.3, -0.25) is 0 Å². The van der Waals surface area contributed by atoms with Gasteiger partial charge in [0.15, 0.2) is 0 Å². The van der Waals surface area contributed by atoms with Crippen LogP contribution in [0, 0.1) is 5.92 Å². The number of ether oxygens (including phenoxy) is 1. The smallest absolute Gasteiger partial charge is 0.211 e. The fourth-order valence-electron chi connectivity index (χ4n) is 1.25. The molecule has 1 rings (SSSR count). The Bertz CT molecular complexity index is 431. The van der Waals surface area contributed by atoms with E-state index in [1.165, 1.54) is 0 Å². The van der Waals surface area contributed by atoms with Gasteiger partial charge in [-0.25, -0.2) is 0 Å². The van der Waals surface area contributed by atoms with E-state index < -0.39 is 0 Å². The van der Waals surface area contributed by atoms with Gasteiger partial charge >= 0.3 is 0 Å². The van der Waals surface area contributed by atoms with Crippen molar-refractivity contribution in [2.45, 2.75) is 20.8 Å². The number of rotatable bonds is 5. The Morgan fingerprint density at radius 3 is 2.28 bits per heavy atom. The van der Waals surface area contributed by atoms with E-state index in [1.54, 1.807) is 0 Å². The fraction of sp³-hybridized carbons (Fsp3) is 0.385. The lowest BCUT2D eigenvalue weighted by molar-refractivity contribution is 0.271. The van der Waals surface area contributed by atoms with Crippen LogP contribution in [0.2, 0.25) is 0 Å². The Hall–Kier alpha value is -2.04. The molecule has 0 radical (unpaired) electrons. The fourth-order valence-corrected chi connectivity index (χ4v) is 1.25. The van der Waals surface area contributed by atoms with Crippen molar-refractivity contribution in [3.63, 3.8) is 0 Å². The lowest BCUT2D eigenvalue weighted by Crippen LogP contribution is -2.22. The molecule has 0 atom stereocenters. The molecule has 0 spiro atoms. The molecule has 0 heterocycles. The summed E-state index contributed by atoms with van der Waals surface area (Å²) in [5.74, 6) is 1.31. The van der Waals surface area contributed by atoms with Gasteiger partial charge in [-0.1, -0.05) is 13.8 Å². The van der Waals surface area contributed by atoms with Crippen LogP contribution in [0.15, 0.2) is 34.5 Å². The zero-order valence-electron chi connectivity index (χ0n) is 11.1. The summed E-state index contributed by atoms with van der Waals surface area (Å²) in [5.41, 5.74) is 12.1. The first-order valence-corrected chi connectivity index (χ1v) is 5.85. The molecule has 1 aromatic rings. The van der Waals surface area contributed by atoms with Crippen LogP contribution in [0.5, 0.6) is 5.75 Å². The Balaban J connectivity index is 2.70. The largest absolute Gasteiger partial charge is 0.493 e. The average molecular weight is 248 g/mol.